The first-order valence-electron chi connectivity index (χ1n) is 7.44. The van der Waals surface area contributed by atoms with E-state index in [-0.39, 0.29) is 23.5 Å². The Morgan fingerprint density at radius 3 is 2.62 bits per heavy atom. The SMILES string of the molecule is Nc1c(C(=O)NC2CCCCCC2)sc2cccc(F)c12. The normalized spacial score (nSPS) is 16.8. The van der Waals surface area contributed by atoms with Gasteiger partial charge in [0.05, 0.1) is 11.1 Å². The molecule has 1 heterocycles. The highest BCUT2D eigenvalue weighted by atomic mass is 32.1. The van der Waals surface area contributed by atoms with Crippen molar-refractivity contribution in [3.63, 3.8) is 0 Å². The summed E-state index contributed by atoms with van der Waals surface area (Å²) < 4.78 is 14.6. The number of benzene rings is 1. The van der Waals surface area contributed by atoms with Gasteiger partial charge in [0, 0.05) is 10.7 Å². The quantitative estimate of drug-likeness (QED) is 0.822. The van der Waals surface area contributed by atoms with Gasteiger partial charge in [-0.05, 0) is 25.0 Å². The summed E-state index contributed by atoms with van der Waals surface area (Å²) in [5.41, 5.74) is 6.25. The van der Waals surface area contributed by atoms with Crippen molar-refractivity contribution in [2.45, 2.75) is 44.6 Å². The molecule has 112 valence electrons. The molecule has 5 heteroatoms. The van der Waals surface area contributed by atoms with Crippen LogP contribution in [0.25, 0.3) is 10.1 Å². The highest BCUT2D eigenvalue weighted by Crippen LogP contribution is 2.35. The second-order valence-electron chi connectivity index (χ2n) is 5.62. The molecular weight excluding hydrogens is 287 g/mol. The van der Waals surface area contributed by atoms with E-state index in [1.165, 1.54) is 30.2 Å². The van der Waals surface area contributed by atoms with E-state index in [0.29, 0.717) is 10.3 Å². The van der Waals surface area contributed by atoms with Gasteiger partial charge in [0.2, 0.25) is 0 Å². The molecule has 1 fully saturated rings. The Kier molecular flexibility index (Phi) is 4.10. The van der Waals surface area contributed by atoms with Crippen LogP contribution in [0.4, 0.5) is 10.1 Å². The number of nitrogens with one attached hydrogen (secondary N) is 1. The van der Waals surface area contributed by atoms with E-state index in [1.807, 2.05) is 0 Å². The molecule has 1 aromatic carbocycles. The Labute approximate surface area is 127 Å². The molecule has 0 spiro atoms. The van der Waals surface area contributed by atoms with Crippen LogP contribution < -0.4 is 11.1 Å². The summed E-state index contributed by atoms with van der Waals surface area (Å²) in [5, 5.41) is 3.43. The summed E-state index contributed by atoms with van der Waals surface area (Å²) >= 11 is 1.26. The van der Waals surface area contributed by atoms with Gasteiger partial charge in [-0.2, -0.15) is 0 Å². The summed E-state index contributed by atoms with van der Waals surface area (Å²) in [5.74, 6) is -0.533. The third-order valence-electron chi connectivity index (χ3n) is 4.10. The van der Waals surface area contributed by atoms with E-state index in [4.69, 9.17) is 5.73 Å². The molecule has 3 N–H and O–H groups in total. The molecule has 2 aromatic rings. The van der Waals surface area contributed by atoms with Gasteiger partial charge in [-0.15, -0.1) is 11.3 Å². The van der Waals surface area contributed by atoms with E-state index < -0.39 is 0 Å². The number of carbonyl (C=O) groups is 1. The number of hydrogen-bond acceptors (Lipinski definition) is 3. The monoisotopic (exact) mass is 306 g/mol. The van der Waals surface area contributed by atoms with Gasteiger partial charge in [0.15, 0.2) is 0 Å². The predicted octanol–water partition coefficient (Wildman–Crippen LogP) is 4.08. The maximum absolute atomic E-state index is 13.8. The number of carbonyl (C=O) groups excluding carboxylic acids is 1. The lowest BCUT2D eigenvalue weighted by Crippen LogP contribution is -2.34. The molecule has 0 unspecified atom stereocenters. The summed E-state index contributed by atoms with van der Waals surface area (Å²) in [4.78, 5) is 12.9. The fourth-order valence-electron chi connectivity index (χ4n) is 2.97. The molecule has 0 saturated heterocycles. The number of halogens is 1. The lowest BCUT2D eigenvalue weighted by molar-refractivity contribution is 0.0938. The number of nitrogen functional groups attached to an aromatic ring is 1. The van der Waals surface area contributed by atoms with E-state index in [9.17, 15) is 9.18 Å². The minimum atomic E-state index is -0.366. The largest absolute Gasteiger partial charge is 0.397 e. The van der Waals surface area contributed by atoms with E-state index in [2.05, 4.69) is 5.32 Å². The van der Waals surface area contributed by atoms with Gasteiger partial charge in [0.25, 0.3) is 5.91 Å². The predicted molar refractivity (Wildman–Crippen MR) is 85.2 cm³/mol. The van der Waals surface area contributed by atoms with Crippen LogP contribution in [-0.2, 0) is 0 Å². The molecule has 1 aromatic heterocycles. The lowest BCUT2D eigenvalue weighted by Gasteiger charge is -2.15. The standard InChI is InChI=1S/C16H19FN2OS/c17-11-8-5-9-12-13(11)14(18)15(21-12)16(20)19-10-6-3-1-2-4-7-10/h5,8-10H,1-4,6-7,18H2,(H,19,20). The highest BCUT2D eigenvalue weighted by molar-refractivity contribution is 7.21. The van der Waals surface area contributed by atoms with Crippen molar-refractivity contribution in [3.8, 4) is 0 Å². The number of anilines is 1. The molecule has 1 amide bonds. The van der Waals surface area contributed by atoms with Crippen LogP contribution in [0.15, 0.2) is 18.2 Å². The molecule has 0 bridgehead atoms. The Morgan fingerprint density at radius 1 is 1.24 bits per heavy atom. The van der Waals surface area contributed by atoms with Crippen LogP contribution in [0.1, 0.15) is 48.2 Å². The first-order chi connectivity index (χ1) is 10.2. The first kappa shape index (κ1) is 14.3. The molecule has 21 heavy (non-hydrogen) atoms. The van der Waals surface area contributed by atoms with E-state index in [0.717, 1.165) is 30.4 Å². The molecule has 0 atom stereocenters. The van der Waals surface area contributed by atoms with Gasteiger partial charge in [-0.1, -0.05) is 31.7 Å². The number of hydrogen-bond donors (Lipinski definition) is 2. The van der Waals surface area contributed by atoms with E-state index in [1.54, 1.807) is 12.1 Å². The Balaban J connectivity index is 1.84. The van der Waals surface area contributed by atoms with E-state index >= 15 is 0 Å². The van der Waals surface area contributed by atoms with Crippen molar-refractivity contribution in [3.05, 3.63) is 28.9 Å². The van der Waals surface area contributed by atoms with Crippen molar-refractivity contribution in [2.24, 2.45) is 0 Å². The second-order valence-corrected chi connectivity index (χ2v) is 6.67. The summed E-state index contributed by atoms with van der Waals surface area (Å²) in [7, 11) is 0. The maximum atomic E-state index is 13.8. The van der Waals surface area contributed by atoms with Gasteiger partial charge < -0.3 is 11.1 Å². The highest BCUT2D eigenvalue weighted by Gasteiger charge is 2.21. The second kappa shape index (κ2) is 6.02. The zero-order chi connectivity index (χ0) is 14.8. The lowest BCUT2D eigenvalue weighted by atomic mass is 10.1. The van der Waals surface area contributed by atoms with Crippen LogP contribution in [0.5, 0.6) is 0 Å². The maximum Gasteiger partial charge on any atom is 0.263 e. The van der Waals surface area contributed by atoms with Crippen molar-refractivity contribution < 1.29 is 9.18 Å². The smallest absolute Gasteiger partial charge is 0.263 e. The van der Waals surface area contributed by atoms with Crippen molar-refractivity contribution in [1.29, 1.82) is 0 Å². The number of nitrogens with two attached hydrogens (primary N) is 1. The van der Waals surface area contributed by atoms with Crippen LogP contribution in [0.3, 0.4) is 0 Å². The van der Waals surface area contributed by atoms with Crippen LogP contribution in [-0.4, -0.2) is 11.9 Å². The van der Waals surface area contributed by atoms with Gasteiger partial charge >= 0.3 is 0 Å². The van der Waals surface area contributed by atoms with Crippen molar-refractivity contribution >= 4 is 33.0 Å². The third kappa shape index (κ3) is 2.88. The minimum Gasteiger partial charge on any atom is -0.397 e. The van der Waals surface area contributed by atoms with Crippen molar-refractivity contribution in [2.75, 3.05) is 5.73 Å². The topological polar surface area (TPSA) is 55.1 Å². The molecular formula is C16H19FN2OS. The average Bonchev–Trinajstić information content (AvgIpc) is 2.64. The molecule has 0 aliphatic heterocycles. The zero-order valence-corrected chi connectivity index (χ0v) is 12.6. The Bertz CT molecular complexity index is 660. The number of thiophene rings is 1. The first-order valence-corrected chi connectivity index (χ1v) is 8.26. The summed E-state index contributed by atoms with van der Waals surface area (Å²) in [6, 6.07) is 5.02. The van der Waals surface area contributed by atoms with Crippen molar-refractivity contribution in [1.82, 2.24) is 5.32 Å². The molecule has 0 radical (unpaired) electrons. The average molecular weight is 306 g/mol. The molecule has 1 aliphatic carbocycles. The molecule has 1 aliphatic rings. The third-order valence-corrected chi connectivity index (χ3v) is 5.27. The van der Waals surface area contributed by atoms with Crippen LogP contribution in [0.2, 0.25) is 0 Å². The number of rotatable bonds is 2. The Morgan fingerprint density at radius 2 is 1.95 bits per heavy atom. The summed E-state index contributed by atoms with van der Waals surface area (Å²) in [6.45, 7) is 0. The fourth-order valence-corrected chi connectivity index (χ4v) is 4.01. The molecule has 3 nitrogen and oxygen atoms in total. The van der Waals surface area contributed by atoms with Gasteiger partial charge in [-0.3, -0.25) is 4.79 Å². The van der Waals surface area contributed by atoms with Gasteiger partial charge in [0.1, 0.15) is 10.7 Å². The number of fused-ring (bicyclic) bond motifs is 1. The van der Waals surface area contributed by atoms with Gasteiger partial charge in [-0.25, -0.2) is 4.39 Å². The van der Waals surface area contributed by atoms with Crippen LogP contribution >= 0.6 is 11.3 Å². The van der Waals surface area contributed by atoms with Crippen LogP contribution in [0, 0.1) is 5.82 Å². The Hall–Kier alpha value is -1.62. The summed E-state index contributed by atoms with van der Waals surface area (Å²) in [6.07, 6.45) is 6.82. The zero-order valence-electron chi connectivity index (χ0n) is 11.8. The molecule has 1 saturated carbocycles. The fraction of sp³-hybridized carbons (Fsp3) is 0.438. The minimum absolute atomic E-state index is 0.167. The number of amides is 1. The molecule has 3 rings (SSSR count).